The maximum Gasteiger partial charge on any atom is 0.344 e. The van der Waals surface area contributed by atoms with Crippen molar-refractivity contribution in [1.82, 2.24) is 0 Å². The van der Waals surface area contributed by atoms with Gasteiger partial charge in [-0.3, -0.25) is 10.1 Å². The van der Waals surface area contributed by atoms with E-state index < -0.39 is 40.5 Å². The van der Waals surface area contributed by atoms with Gasteiger partial charge in [-0.05, 0) is 36.1 Å². The van der Waals surface area contributed by atoms with E-state index in [1.807, 2.05) is 6.07 Å². The summed E-state index contributed by atoms with van der Waals surface area (Å²) >= 11 is 0. The van der Waals surface area contributed by atoms with E-state index in [-0.39, 0.29) is 25.5 Å². The number of non-ortho nitro benzene ring substituents is 1. The molecule has 192 valence electrons. The number of carboxylic acids is 1. The average Bonchev–Trinajstić information content (AvgIpc) is 2.84. The monoisotopic (exact) mass is 492 g/mol. The number of quaternary nitrogens is 1. The number of ether oxygens (including phenoxy) is 2. The first-order valence-corrected chi connectivity index (χ1v) is 10.9. The molecule has 2 aromatic carbocycles. The van der Waals surface area contributed by atoms with E-state index in [0.29, 0.717) is 5.56 Å². The van der Waals surface area contributed by atoms with Crippen molar-refractivity contribution in [3.05, 3.63) is 75.8 Å². The van der Waals surface area contributed by atoms with Crippen LogP contribution in [-0.4, -0.2) is 51.9 Å². The Hall–Kier alpha value is -3.38. The van der Waals surface area contributed by atoms with Crippen molar-refractivity contribution in [3.63, 3.8) is 0 Å². The van der Waals surface area contributed by atoms with Gasteiger partial charge < -0.3 is 35.3 Å². The number of nitro groups is 1. The van der Waals surface area contributed by atoms with E-state index in [1.165, 1.54) is 24.3 Å². The second kappa shape index (κ2) is 14.1. The molecule has 5 N–H and O–H groups in total. The van der Waals surface area contributed by atoms with Crippen molar-refractivity contribution in [2.45, 2.75) is 45.1 Å². The van der Waals surface area contributed by atoms with Crippen LogP contribution in [-0.2, 0) is 25.7 Å². The van der Waals surface area contributed by atoms with Gasteiger partial charge in [-0.25, -0.2) is 4.79 Å². The number of aliphatic hydroxyl groups is 2. The fraction of sp³-hybridized carbons (Fsp3) is 0.417. The van der Waals surface area contributed by atoms with E-state index >= 15 is 0 Å². The predicted octanol–water partition coefficient (Wildman–Crippen LogP) is 0.142. The zero-order chi connectivity index (χ0) is 26.6. The van der Waals surface area contributed by atoms with Gasteiger partial charge in [-0.2, -0.15) is 0 Å². The summed E-state index contributed by atoms with van der Waals surface area (Å²) in [4.78, 5) is 33.3. The van der Waals surface area contributed by atoms with Gasteiger partial charge in [-0.1, -0.05) is 44.2 Å². The molecular formula is C24H32N2O9. The van der Waals surface area contributed by atoms with Crippen LogP contribution in [0.3, 0.4) is 0 Å². The molecule has 0 saturated heterocycles. The summed E-state index contributed by atoms with van der Waals surface area (Å²) < 4.78 is 10.3. The molecule has 2 aromatic rings. The average molecular weight is 493 g/mol. The first-order chi connectivity index (χ1) is 16.5. The molecule has 0 saturated carbocycles. The lowest BCUT2D eigenvalue weighted by Gasteiger charge is -2.35. The van der Waals surface area contributed by atoms with Crippen molar-refractivity contribution in [1.29, 1.82) is 0 Å². The molecule has 3 atom stereocenters. The van der Waals surface area contributed by atoms with Crippen LogP contribution in [0.2, 0.25) is 0 Å². The molecule has 0 spiro atoms. The smallest absolute Gasteiger partial charge is 0.344 e. The van der Waals surface area contributed by atoms with E-state index in [9.17, 15) is 29.9 Å². The van der Waals surface area contributed by atoms with Gasteiger partial charge in [0.15, 0.2) is 0 Å². The van der Waals surface area contributed by atoms with E-state index in [4.69, 9.17) is 14.6 Å². The largest absolute Gasteiger partial charge is 0.546 e. The standard InChI is InChI=1S/C15H20O5.C9H12N2O4/c1-4-19-14(18)15(11(2)3,13(16)17)20-10-12-8-6-5-7-9-12;10-8(5-12)9(13)6-1-3-7(4-2-6)11(14)15/h5-9,11H,4,10H2,1-3H3,(H,16,17);1-4,8-9,12-13H,5,10H2/t;8-,9+/m.1/s1. The summed E-state index contributed by atoms with van der Waals surface area (Å²) in [5.74, 6) is -3.12. The van der Waals surface area contributed by atoms with Crippen molar-refractivity contribution < 1.29 is 45.0 Å². The summed E-state index contributed by atoms with van der Waals surface area (Å²) in [6.07, 6.45) is -0.907. The molecular weight excluding hydrogens is 460 g/mol. The maximum atomic E-state index is 12.0. The summed E-state index contributed by atoms with van der Waals surface area (Å²) in [6.45, 7) is 4.60. The lowest BCUT2D eigenvalue weighted by atomic mass is 9.90. The second-order valence-corrected chi connectivity index (χ2v) is 7.91. The van der Waals surface area contributed by atoms with Crippen molar-refractivity contribution in [3.8, 4) is 0 Å². The number of hydrogen-bond donors (Lipinski definition) is 3. The molecule has 11 heteroatoms. The lowest BCUT2D eigenvalue weighted by molar-refractivity contribution is -0.444. The number of hydrogen-bond acceptors (Lipinski definition) is 9. The molecule has 0 aliphatic carbocycles. The summed E-state index contributed by atoms with van der Waals surface area (Å²) in [5.41, 5.74) is 2.71. The minimum Gasteiger partial charge on any atom is -0.546 e. The molecule has 0 radical (unpaired) electrons. The van der Waals surface area contributed by atoms with Crippen LogP contribution in [0.5, 0.6) is 0 Å². The minimum absolute atomic E-state index is 0.00812. The molecule has 1 unspecified atom stereocenters. The Bertz CT molecular complexity index is 951. The van der Waals surface area contributed by atoms with Gasteiger partial charge in [0.1, 0.15) is 12.1 Å². The molecule has 0 bridgehead atoms. The molecule has 0 fully saturated rings. The summed E-state index contributed by atoms with van der Waals surface area (Å²) in [6, 6.07) is 14.0. The van der Waals surface area contributed by atoms with Crippen molar-refractivity contribution in [2.75, 3.05) is 13.2 Å². The van der Waals surface area contributed by atoms with Gasteiger partial charge in [0.05, 0.1) is 30.7 Å². The molecule has 0 amide bonds. The molecule has 35 heavy (non-hydrogen) atoms. The quantitative estimate of drug-likeness (QED) is 0.170. The number of nitrogens with zero attached hydrogens (tertiary/aromatic N) is 1. The van der Waals surface area contributed by atoms with Crippen LogP contribution in [0.1, 0.15) is 38.0 Å². The van der Waals surface area contributed by atoms with Crippen molar-refractivity contribution in [2.24, 2.45) is 5.92 Å². The molecule has 2 rings (SSSR count). The highest BCUT2D eigenvalue weighted by atomic mass is 16.6. The fourth-order valence-corrected chi connectivity index (χ4v) is 3.01. The summed E-state index contributed by atoms with van der Waals surface area (Å²) in [5, 5.41) is 40.2. The van der Waals surface area contributed by atoms with Crippen molar-refractivity contribution >= 4 is 17.6 Å². The van der Waals surface area contributed by atoms with Crippen LogP contribution >= 0.6 is 0 Å². The molecule has 0 aliphatic heterocycles. The minimum atomic E-state index is -2.09. The van der Waals surface area contributed by atoms with Gasteiger partial charge in [0, 0.05) is 12.1 Å². The molecule has 0 aromatic heterocycles. The Morgan fingerprint density at radius 1 is 1.11 bits per heavy atom. The highest BCUT2D eigenvalue weighted by molar-refractivity contribution is 6.02. The second-order valence-electron chi connectivity index (χ2n) is 7.91. The molecule has 11 nitrogen and oxygen atoms in total. The Balaban J connectivity index is 0.000000365. The lowest BCUT2D eigenvalue weighted by Crippen LogP contribution is -2.65. The van der Waals surface area contributed by atoms with Crippen LogP contribution in [0, 0.1) is 16.0 Å². The van der Waals surface area contributed by atoms with Crippen LogP contribution in [0.15, 0.2) is 54.6 Å². The van der Waals surface area contributed by atoms with Gasteiger partial charge >= 0.3 is 5.97 Å². The third-order valence-corrected chi connectivity index (χ3v) is 5.13. The predicted molar refractivity (Wildman–Crippen MR) is 122 cm³/mol. The Morgan fingerprint density at radius 2 is 1.69 bits per heavy atom. The highest BCUT2D eigenvalue weighted by Gasteiger charge is 2.46. The van der Waals surface area contributed by atoms with Gasteiger partial charge in [-0.15, -0.1) is 0 Å². The Labute approximate surface area is 203 Å². The number of carboxylic acid groups (broad SMARTS) is 1. The van der Waals surface area contributed by atoms with Gasteiger partial charge in [0.2, 0.25) is 5.60 Å². The third kappa shape index (κ3) is 8.11. The fourth-order valence-electron chi connectivity index (χ4n) is 3.01. The topological polar surface area (TPSA) is 187 Å². The molecule has 0 aliphatic rings. The zero-order valence-electron chi connectivity index (χ0n) is 20.0. The number of carbonyl (C=O) groups excluding carboxylic acids is 2. The number of aliphatic carboxylic acids is 1. The van der Waals surface area contributed by atoms with Crippen LogP contribution < -0.4 is 10.8 Å². The van der Waals surface area contributed by atoms with E-state index in [2.05, 4.69) is 5.73 Å². The normalized spacial score (nSPS) is 14.1. The first-order valence-electron chi connectivity index (χ1n) is 10.9. The maximum absolute atomic E-state index is 12.0. The number of nitro benzene ring substituents is 1. The third-order valence-electron chi connectivity index (χ3n) is 5.13. The van der Waals surface area contributed by atoms with Crippen LogP contribution in [0.25, 0.3) is 0 Å². The number of aliphatic hydroxyl groups excluding tert-OH is 2. The highest BCUT2D eigenvalue weighted by Crippen LogP contribution is 2.25. The number of carbonyl (C=O) groups is 2. The number of rotatable bonds is 11. The number of benzene rings is 2. The van der Waals surface area contributed by atoms with E-state index in [0.717, 1.165) is 5.56 Å². The number of esters is 1. The van der Waals surface area contributed by atoms with Gasteiger partial charge in [0.25, 0.3) is 5.69 Å². The molecule has 0 heterocycles. The Kier molecular flexibility index (Phi) is 12.0. The van der Waals surface area contributed by atoms with Crippen LogP contribution in [0.4, 0.5) is 5.69 Å². The SMILES string of the molecule is CCOC(=O)C(OCc1ccccc1)(C(=O)[O-])C(C)C.[NH3+][C@H](CO)[C@@H](O)c1ccc([N+](=O)[O-])cc1. The van der Waals surface area contributed by atoms with E-state index in [1.54, 1.807) is 45.0 Å². The Morgan fingerprint density at radius 3 is 2.11 bits per heavy atom. The summed E-state index contributed by atoms with van der Waals surface area (Å²) in [7, 11) is 0. The zero-order valence-corrected chi connectivity index (χ0v) is 20.0. The first kappa shape index (κ1) is 29.7.